The molecule has 90 valence electrons. The molecule has 2 rings (SSSR count). The maximum Gasteiger partial charge on any atom is 0.0684 e. The minimum atomic E-state index is 0.388. The van der Waals surface area contributed by atoms with E-state index in [1.165, 1.54) is 11.3 Å². The molecule has 1 fully saturated rings. The van der Waals surface area contributed by atoms with E-state index in [1.54, 1.807) is 0 Å². The molecule has 1 aliphatic rings. The average Bonchev–Trinajstić information content (AvgIpc) is 2.57. The van der Waals surface area contributed by atoms with Crippen molar-refractivity contribution >= 4 is 0 Å². The molecule has 16 heavy (non-hydrogen) atoms. The summed E-state index contributed by atoms with van der Waals surface area (Å²) in [6.45, 7) is 8.90. The standard InChI is InChI=1S/C13H23N3/c1-8(2)12-7-16(11-5-10(14)6-11)15-13(12)9(3)4/h7-11H,5-6,14H2,1-4H3. The van der Waals surface area contributed by atoms with E-state index in [-0.39, 0.29) is 0 Å². The normalized spacial score (nSPS) is 25.2. The topological polar surface area (TPSA) is 43.8 Å². The molecule has 0 atom stereocenters. The molecule has 1 aliphatic carbocycles. The Morgan fingerprint density at radius 1 is 1.25 bits per heavy atom. The maximum absolute atomic E-state index is 5.83. The molecule has 0 bridgehead atoms. The fourth-order valence-electron chi connectivity index (χ4n) is 2.35. The van der Waals surface area contributed by atoms with Gasteiger partial charge in [0, 0.05) is 12.2 Å². The van der Waals surface area contributed by atoms with E-state index in [4.69, 9.17) is 10.8 Å². The molecule has 0 radical (unpaired) electrons. The molecular weight excluding hydrogens is 198 g/mol. The average molecular weight is 221 g/mol. The largest absolute Gasteiger partial charge is 0.328 e. The van der Waals surface area contributed by atoms with Crippen LogP contribution in [0.2, 0.25) is 0 Å². The summed E-state index contributed by atoms with van der Waals surface area (Å²) in [5.74, 6) is 1.06. The van der Waals surface area contributed by atoms with E-state index in [0.717, 1.165) is 12.8 Å². The molecule has 1 saturated carbocycles. The van der Waals surface area contributed by atoms with Crippen molar-refractivity contribution in [3.8, 4) is 0 Å². The van der Waals surface area contributed by atoms with Gasteiger partial charge in [-0.2, -0.15) is 5.10 Å². The number of nitrogens with zero attached hydrogens (tertiary/aromatic N) is 2. The molecule has 3 heteroatoms. The van der Waals surface area contributed by atoms with Gasteiger partial charge in [0.1, 0.15) is 0 Å². The van der Waals surface area contributed by atoms with Gasteiger partial charge in [0.05, 0.1) is 11.7 Å². The van der Waals surface area contributed by atoms with Crippen LogP contribution in [0.5, 0.6) is 0 Å². The lowest BCUT2D eigenvalue weighted by atomic mass is 9.88. The first kappa shape index (κ1) is 11.6. The Bertz CT molecular complexity index is 334. The SMILES string of the molecule is CC(C)c1cn(C2CC(N)C2)nc1C(C)C. The van der Waals surface area contributed by atoms with E-state index < -0.39 is 0 Å². The fourth-order valence-corrected chi connectivity index (χ4v) is 2.35. The number of nitrogens with two attached hydrogens (primary N) is 1. The first-order valence-electron chi connectivity index (χ1n) is 6.33. The van der Waals surface area contributed by atoms with Crippen molar-refractivity contribution < 1.29 is 0 Å². The van der Waals surface area contributed by atoms with Crippen LogP contribution in [0.15, 0.2) is 6.20 Å². The Balaban J connectivity index is 2.24. The van der Waals surface area contributed by atoms with Gasteiger partial charge >= 0.3 is 0 Å². The van der Waals surface area contributed by atoms with Gasteiger partial charge in [-0.3, -0.25) is 4.68 Å². The van der Waals surface area contributed by atoms with Crippen LogP contribution < -0.4 is 5.73 Å². The summed E-state index contributed by atoms with van der Waals surface area (Å²) < 4.78 is 2.15. The van der Waals surface area contributed by atoms with Crippen LogP contribution in [0.25, 0.3) is 0 Å². The van der Waals surface area contributed by atoms with Crippen LogP contribution in [0.4, 0.5) is 0 Å². The maximum atomic E-state index is 5.83. The Kier molecular flexibility index (Phi) is 3.06. The second-order valence-electron chi connectivity index (χ2n) is 5.64. The summed E-state index contributed by atoms with van der Waals surface area (Å²) >= 11 is 0. The summed E-state index contributed by atoms with van der Waals surface area (Å²) in [5, 5.41) is 4.75. The molecule has 1 aromatic heterocycles. The van der Waals surface area contributed by atoms with Gasteiger partial charge in [0.15, 0.2) is 0 Å². The second kappa shape index (κ2) is 4.21. The summed E-state index contributed by atoms with van der Waals surface area (Å²) in [6.07, 6.45) is 4.39. The summed E-state index contributed by atoms with van der Waals surface area (Å²) in [7, 11) is 0. The van der Waals surface area contributed by atoms with Crippen molar-refractivity contribution in [3.63, 3.8) is 0 Å². The van der Waals surface area contributed by atoms with Crippen molar-refractivity contribution in [2.75, 3.05) is 0 Å². The van der Waals surface area contributed by atoms with Gasteiger partial charge in [-0.1, -0.05) is 27.7 Å². The Hall–Kier alpha value is -0.830. The lowest BCUT2D eigenvalue weighted by molar-refractivity contribution is 0.246. The quantitative estimate of drug-likeness (QED) is 0.853. The zero-order chi connectivity index (χ0) is 11.9. The van der Waals surface area contributed by atoms with E-state index in [1.807, 2.05) is 0 Å². The number of aromatic nitrogens is 2. The van der Waals surface area contributed by atoms with Crippen molar-refractivity contribution in [1.29, 1.82) is 0 Å². The van der Waals surface area contributed by atoms with E-state index in [9.17, 15) is 0 Å². The highest BCUT2D eigenvalue weighted by Crippen LogP contribution is 2.33. The third-order valence-electron chi connectivity index (χ3n) is 3.48. The van der Waals surface area contributed by atoms with Crippen molar-refractivity contribution in [3.05, 3.63) is 17.5 Å². The molecular formula is C13H23N3. The van der Waals surface area contributed by atoms with Gasteiger partial charge < -0.3 is 5.73 Å². The smallest absolute Gasteiger partial charge is 0.0684 e. The van der Waals surface area contributed by atoms with Crippen LogP contribution >= 0.6 is 0 Å². The fraction of sp³-hybridized carbons (Fsp3) is 0.769. The molecule has 0 unspecified atom stereocenters. The van der Waals surface area contributed by atoms with Gasteiger partial charge in [-0.05, 0) is 30.2 Å². The molecule has 0 saturated heterocycles. The minimum absolute atomic E-state index is 0.388. The minimum Gasteiger partial charge on any atom is -0.328 e. The van der Waals surface area contributed by atoms with Crippen LogP contribution in [0.3, 0.4) is 0 Å². The highest BCUT2D eigenvalue weighted by atomic mass is 15.3. The third kappa shape index (κ3) is 2.01. The number of rotatable bonds is 3. The first-order chi connectivity index (χ1) is 7.49. The monoisotopic (exact) mass is 221 g/mol. The zero-order valence-corrected chi connectivity index (χ0v) is 10.8. The molecule has 0 aromatic carbocycles. The highest BCUT2D eigenvalue weighted by molar-refractivity contribution is 5.24. The zero-order valence-electron chi connectivity index (χ0n) is 10.8. The molecule has 2 N–H and O–H groups in total. The Morgan fingerprint density at radius 2 is 1.88 bits per heavy atom. The van der Waals surface area contributed by atoms with Gasteiger partial charge in [0.25, 0.3) is 0 Å². The molecule has 0 spiro atoms. The summed E-state index contributed by atoms with van der Waals surface area (Å²) in [6, 6.07) is 0.930. The van der Waals surface area contributed by atoms with Crippen molar-refractivity contribution in [2.24, 2.45) is 5.73 Å². The second-order valence-corrected chi connectivity index (χ2v) is 5.64. The van der Waals surface area contributed by atoms with E-state index in [0.29, 0.717) is 23.9 Å². The van der Waals surface area contributed by atoms with Crippen LogP contribution in [0, 0.1) is 0 Å². The summed E-state index contributed by atoms with van der Waals surface area (Å²) in [5.41, 5.74) is 8.49. The highest BCUT2D eigenvalue weighted by Gasteiger charge is 2.29. The first-order valence-corrected chi connectivity index (χ1v) is 6.33. The molecule has 3 nitrogen and oxygen atoms in total. The van der Waals surface area contributed by atoms with Crippen LogP contribution in [-0.2, 0) is 0 Å². The molecule has 0 aliphatic heterocycles. The lowest BCUT2D eigenvalue weighted by Crippen LogP contribution is -2.37. The van der Waals surface area contributed by atoms with Gasteiger partial charge in [-0.25, -0.2) is 0 Å². The lowest BCUT2D eigenvalue weighted by Gasteiger charge is -2.32. The number of hydrogen-bond acceptors (Lipinski definition) is 2. The summed E-state index contributed by atoms with van der Waals surface area (Å²) in [4.78, 5) is 0. The van der Waals surface area contributed by atoms with Crippen LogP contribution in [0.1, 0.15) is 69.7 Å². The van der Waals surface area contributed by atoms with E-state index >= 15 is 0 Å². The van der Waals surface area contributed by atoms with Crippen LogP contribution in [-0.4, -0.2) is 15.8 Å². The van der Waals surface area contributed by atoms with Crippen molar-refractivity contribution in [2.45, 2.75) is 64.5 Å². The van der Waals surface area contributed by atoms with E-state index in [2.05, 4.69) is 38.6 Å². The number of hydrogen-bond donors (Lipinski definition) is 1. The Labute approximate surface area is 98.0 Å². The van der Waals surface area contributed by atoms with Gasteiger partial charge in [0.2, 0.25) is 0 Å². The molecule has 1 aromatic rings. The Morgan fingerprint density at radius 3 is 2.25 bits per heavy atom. The molecule has 0 amide bonds. The van der Waals surface area contributed by atoms with Crippen molar-refractivity contribution in [1.82, 2.24) is 9.78 Å². The molecule has 1 heterocycles. The van der Waals surface area contributed by atoms with Gasteiger partial charge in [-0.15, -0.1) is 0 Å². The third-order valence-corrected chi connectivity index (χ3v) is 3.48. The predicted octanol–water partition coefficient (Wildman–Crippen LogP) is 2.79. The predicted molar refractivity (Wildman–Crippen MR) is 66.7 cm³/mol.